The van der Waals surface area contributed by atoms with Crippen molar-refractivity contribution in [2.24, 2.45) is 0 Å². The van der Waals surface area contributed by atoms with E-state index >= 15 is 0 Å². The molecule has 0 aliphatic heterocycles. The fraction of sp³-hybridized carbons (Fsp3) is 0.176. The first-order valence-electron chi connectivity index (χ1n) is 7.21. The molecule has 5 heteroatoms. The SMILES string of the molecule is Cc1ccc(Nc2nc(NCCO)c3ccccc3n2)cc1. The topological polar surface area (TPSA) is 70.1 Å². The number of aliphatic hydroxyl groups excluding tert-OH is 1. The van der Waals surface area contributed by atoms with E-state index in [9.17, 15) is 0 Å². The van der Waals surface area contributed by atoms with E-state index in [1.54, 1.807) is 0 Å². The Kier molecular flexibility index (Phi) is 4.16. The lowest BCUT2D eigenvalue weighted by atomic mass is 10.2. The number of fused-ring (bicyclic) bond motifs is 1. The van der Waals surface area contributed by atoms with Crippen molar-refractivity contribution < 1.29 is 5.11 Å². The van der Waals surface area contributed by atoms with Gasteiger partial charge >= 0.3 is 0 Å². The van der Waals surface area contributed by atoms with Crippen LogP contribution in [0.4, 0.5) is 17.5 Å². The molecule has 112 valence electrons. The molecule has 0 radical (unpaired) electrons. The van der Waals surface area contributed by atoms with Crippen molar-refractivity contribution in [2.75, 3.05) is 23.8 Å². The van der Waals surface area contributed by atoms with E-state index in [1.165, 1.54) is 5.56 Å². The first kappa shape index (κ1) is 14.3. The predicted octanol–water partition coefficient (Wildman–Crippen LogP) is 3.09. The number of aryl methyl sites for hydroxylation is 1. The molecule has 0 atom stereocenters. The Hall–Kier alpha value is -2.66. The molecule has 22 heavy (non-hydrogen) atoms. The molecule has 3 aromatic rings. The van der Waals surface area contributed by atoms with E-state index in [0.29, 0.717) is 18.3 Å². The molecule has 0 aliphatic rings. The maximum atomic E-state index is 9.01. The van der Waals surface area contributed by atoms with Gasteiger partial charge in [-0.1, -0.05) is 29.8 Å². The lowest BCUT2D eigenvalue weighted by Crippen LogP contribution is -2.09. The van der Waals surface area contributed by atoms with Crippen molar-refractivity contribution in [2.45, 2.75) is 6.92 Å². The van der Waals surface area contributed by atoms with Gasteiger partial charge in [0.1, 0.15) is 5.82 Å². The van der Waals surface area contributed by atoms with Gasteiger partial charge in [0.15, 0.2) is 0 Å². The van der Waals surface area contributed by atoms with Gasteiger partial charge in [0, 0.05) is 17.6 Å². The molecule has 1 heterocycles. The Morgan fingerprint density at radius 3 is 2.55 bits per heavy atom. The Bertz CT molecular complexity index is 771. The molecule has 0 saturated carbocycles. The van der Waals surface area contributed by atoms with Crippen LogP contribution in [0.5, 0.6) is 0 Å². The van der Waals surface area contributed by atoms with Crippen LogP contribution in [0, 0.1) is 6.92 Å². The first-order valence-corrected chi connectivity index (χ1v) is 7.21. The standard InChI is InChI=1S/C17H18N4O/c1-12-6-8-13(9-7-12)19-17-20-15-5-3-2-4-14(15)16(21-17)18-10-11-22/h2-9,22H,10-11H2,1H3,(H2,18,19,20,21). The largest absolute Gasteiger partial charge is 0.395 e. The van der Waals surface area contributed by atoms with Crippen LogP contribution in [-0.4, -0.2) is 28.2 Å². The van der Waals surface area contributed by atoms with Crippen LogP contribution < -0.4 is 10.6 Å². The summed E-state index contributed by atoms with van der Waals surface area (Å²) in [7, 11) is 0. The molecule has 0 fully saturated rings. The zero-order valence-electron chi connectivity index (χ0n) is 12.4. The van der Waals surface area contributed by atoms with Gasteiger partial charge < -0.3 is 15.7 Å². The predicted molar refractivity (Wildman–Crippen MR) is 89.6 cm³/mol. The lowest BCUT2D eigenvalue weighted by molar-refractivity contribution is 0.311. The third kappa shape index (κ3) is 3.15. The minimum Gasteiger partial charge on any atom is -0.395 e. The zero-order valence-corrected chi connectivity index (χ0v) is 12.4. The van der Waals surface area contributed by atoms with Crippen molar-refractivity contribution in [3.63, 3.8) is 0 Å². The smallest absolute Gasteiger partial charge is 0.229 e. The van der Waals surface area contributed by atoms with Gasteiger partial charge in [-0.25, -0.2) is 4.98 Å². The number of anilines is 3. The number of para-hydroxylation sites is 1. The number of nitrogens with one attached hydrogen (secondary N) is 2. The van der Waals surface area contributed by atoms with E-state index in [4.69, 9.17) is 5.11 Å². The first-order chi connectivity index (χ1) is 10.8. The molecule has 2 aromatic carbocycles. The molecule has 0 bridgehead atoms. The summed E-state index contributed by atoms with van der Waals surface area (Å²) < 4.78 is 0. The van der Waals surface area contributed by atoms with Crippen molar-refractivity contribution in [3.05, 3.63) is 54.1 Å². The Balaban J connectivity index is 1.96. The quantitative estimate of drug-likeness (QED) is 0.674. The van der Waals surface area contributed by atoms with Crippen molar-refractivity contribution in [1.82, 2.24) is 9.97 Å². The molecule has 3 N–H and O–H groups in total. The summed E-state index contributed by atoms with van der Waals surface area (Å²) in [5.41, 5.74) is 3.00. The summed E-state index contributed by atoms with van der Waals surface area (Å²) in [4.78, 5) is 9.05. The van der Waals surface area contributed by atoms with E-state index in [0.717, 1.165) is 16.6 Å². The van der Waals surface area contributed by atoms with Crippen molar-refractivity contribution in [3.8, 4) is 0 Å². The Labute approximate surface area is 129 Å². The zero-order chi connectivity index (χ0) is 15.4. The highest BCUT2D eigenvalue weighted by Gasteiger charge is 2.07. The fourth-order valence-electron chi connectivity index (χ4n) is 2.21. The maximum Gasteiger partial charge on any atom is 0.229 e. The fourth-order valence-corrected chi connectivity index (χ4v) is 2.21. The molecule has 5 nitrogen and oxygen atoms in total. The molecule has 3 rings (SSSR count). The van der Waals surface area contributed by atoms with E-state index < -0.39 is 0 Å². The molecule has 0 amide bonds. The lowest BCUT2D eigenvalue weighted by Gasteiger charge is -2.11. The molecule has 0 unspecified atom stereocenters. The Morgan fingerprint density at radius 2 is 1.77 bits per heavy atom. The monoisotopic (exact) mass is 294 g/mol. The number of hydrogen-bond donors (Lipinski definition) is 3. The second kappa shape index (κ2) is 6.41. The number of aliphatic hydroxyl groups is 1. The molecule has 0 saturated heterocycles. The molecular weight excluding hydrogens is 276 g/mol. The number of hydrogen-bond acceptors (Lipinski definition) is 5. The third-order valence-electron chi connectivity index (χ3n) is 3.32. The summed E-state index contributed by atoms with van der Waals surface area (Å²) >= 11 is 0. The number of aromatic nitrogens is 2. The highest BCUT2D eigenvalue weighted by Crippen LogP contribution is 2.23. The van der Waals surface area contributed by atoms with Crippen LogP contribution in [0.2, 0.25) is 0 Å². The van der Waals surface area contributed by atoms with Gasteiger partial charge in [0.2, 0.25) is 5.95 Å². The maximum absolute atomic E-state index is 9.01. The average Bonchev–Trinajstić information content (AvgIpc) is 2.55. The van der Waals surface area contributed by atoms with Gasteiger partial charge in [-0.3, -0.25) is 0 Å². The highest BCUT2D eigenvalue weighted by molar-refractivity contribution is 5.90. The number of benzene rings is 2. The summed E-state index contributed by atoms with van der Waals surface area (Å²) in [6.45, 7) is 2.55. The minimum atomic E-state index is 0.0546. The van der Waals surface area contributed by atoms with Crippen LogP contribution in [0.25, 0.3) is 10.9 Å². The van der Waals surface area contributed by atoms with E-state index in [1.807, 2.05) is 55.5 Å². The number of nitrogens with zero attached hydrogens (tertiary/aromatic N) is 2. The van der Waals surface area contributed by atoms with Gasteiger partial charge in [-0.2, -0.15) is 4.98 Å². The summed E-state index contributed by atoms with van der Waals surface area (Å²) in [5, 5.41) is 16.3. The second-order valence-corrected chi connectivity index (χ2v) is 5.05. The third-order valence-corrected chi connectivity index (χ3v) is 3.32. The van der Waals surface area contributed by atoms with Gasteiger partial charge in [-0.15, -0.1) is 0 Å². The molecule has 0 spiro atoms. The van der Waals surface area contributed by atoms with Crippen LogP contribution in [-0.2, 0) is 0 Å². The van der Waals surface area contributed by atoms with E-state index in [2.05, 4.69) is 20.6 Å². The van der Waals surface area contributed by atoms with Crippen molar-refractivity contribution >= 4 is 28.4 Å². The second-order valence-electron chi connectivity index (χ2n) is 5.05. The normalized spacial score (nSPS) is 10.6. The summed E-state index contributed by atoms with van der Waals surface area (Å²) in [6.07, 6.45) is 0. The summed E-state index contributed by atoms with van der Waals surface area (Å²) in [6, 6.07) is 15.9. The van der Waals surface area contributed by atoms with Gasteiger partial charge in [0.05, 0.1) is 12.1 Å². The van der Waals surface area contributed by atoms with Crippen LogP contribution >= 0.6 is 0 Å². The number of rotatable bonds is 5. The van der Waals surface area contributed by atoms with Crippen LogP contribution in [0.1, 0.15) is 5.56 Å². The van der Waals surface area contributed by atoms with Crippen molar-refractivity contribution in [1.29, 1.82) is 0 Å². The summed E-state index contributed by atoms with van der Waals surface area (Å²) in [5.74, 6) is 1.25. The van der Waals surface area contributed by atoms with Gasteiger partial charge in [0.25, 0.3) is 0 Å². The van der Waals surface area contributed by atoms with Gasteiger partial charge in [-0.05, 0) is 31.2 Å². The highest BCUT2D eigenvalue weighted by atomic mass is 16.3. The Morgan fingerprint density at radius 1 is 1.00 bits per heavy atom. The average molecular weight is 294 g/mol. The van der Waals surface area contributed by atoms with Crippen LogP contribution in [0.15, 0.2) is 48.5 Å². The van der Waals surface area contributed by atoms with E-state index in [-0.39, 0.29) is 6.61 Å². The minimum absolute atomic E-state index is 0.0546. The van der Waals surface area contributed by atoms with Crippen LogP contribution in [0.3, 0.4) is 0 Å². The molecule has 1 aromatic heterocycles. The molecule has 0 aliphatic carbocycles. The molecular formula is C17H18N4O.